The molecule has 0 amide bonds. The van der Waals surface area contributed by atoms with Gasteiger partial charge in [0.05, 0.1) is 17.9 Å². The molecule has 172 valence electrons. The van der Waals surface area contributed by atoms with Crippen LogP contribution in [0.4, 0.5) is 0 Å². The van der Waals surface area contributed by atoms with Crippen molar-refractivity contribution in [3.05, 3.63) is 23.8 Å². The van der Waals surface area contributed by atoms with Crippen molar-refractivity contribution in [2.45, 2.75) is 91.5 Å². The Kier molecular flexibility index (Phi) is 9.69. The Hall–Kier alpha value is -0.360. The molecule has 1 aliphatic heterocycles. The van der Waals surface area contributed by atoms with E-state index >= 15 is 0 Å². The van der Waals surface area contributed by atoms with Crippen LogP contribution in [0.25, 0.3) is 0 Å². The second-order valence-corrected chi connectivity index (χ2v) is 10.3. The van der Waals surface area contributed by atoms with E-state index in [1.165, 1.54) is 5.57 Å². The Labute approximate surface area is 220 Å². The van der Waals surface area contributed by atoms with Crippen molar-refractivity contribution in [3.8, 4) is 0 Å². The van der Waals surface area contributed by atoms with Crippen LogP contribution in [-0.4, -0.2) is 73.1 Å². The Bertz CT molecular complexity index is 724. The molecule has 0 aromatic carbocycles. The average molecular weight is 461 g/mol. The summed E-state index contributed by atoms with van der Waals surface area (Å²) < 4.78 is 11.6. The summed E-state index contributed by atoms with van der Waals surface area (Å²) in [5.74, 6) is 0.776. The van der Waals surface area contributed by atoms with Gasteiger partial charge < -0.3 is 17.4 Å². The number of fused-ring (bicyclic) bond motifs is 1. The third kappa shape index (κ3) is 6.59. The van der Waals surface area contributed by atoms with Gasteiger partial charge in [0, 0.05) is 12.3 Å². The maximum Gasteiger partial charge on any atom is 2.00 e. The van der Waals surface area contributed by atoms with E-state index in [0.717, 1.165) is 25.7 Å². The van der Waals surface area contributed by atoms with E-state index in [1.807, 2.05) is 20.8 Å². The van der Waals surface area contributed by atoms with Crippen LogP contribution in [0, 0.1) is 29.1 Å². The number of carbonyl (C=O) groups excluding carboxylic acids is 2. The molecule has 5 nitrogen and oxygen atoms in total. The number of cyclic esters (lactones) is 1. The standard InChI is InChI=1S/C25H38O5.Ca.2H/c1-6-25(4,5)24(28)30-21-12-15(2)11-17-8-7-16(3)20(23(17)21)10-9-19-13-18(26)14-22(27)29-19;;;/h7-8,11,15-16,18-21,23,26H,6,9-10,12-14H2,1-5H3;;;/q;+2;2*-1/t15-,16-,18+,19-,20-,21-,23-;;;/m1.../s1. The molecule has 0 saturated carbocycles. The SMILES string of the molecule is CCC(C)(C)C(=O)O[C@@H]1C[C@H](C)C=C2C=C[C@@H](C)[C@@H](CC[C@@H]3C[C@H](O)CC(=O)O3)[C@@H]21.[Ca+2].[H-].[H-]. The maximum absolute atomic E-state index is 12.9. The minimum absolute atomic E-state index is 0. The predicted octanol–water partition coefficient (Wildman–Crippen LogP) is 4.43. The fourth-order valence-electron chi connectivity index (χ4n) is 5.08. The van der Waals surface area contributed by atoms with Crippen molar-refractivity contribution in [3.63, 3.8) is 0 Å². The summed E-state index contributed by atoms with van der Waals surface area (Å²) in [5, 5.41) is 9.92. The fourth-order valence-corrected chi connectivity index (χ4v) is 5.08. The Morgan fingerprint density at radius 1 is 1.29 bits per heavy atom. The minimum Gasteiger partial charge on any atom is -1.00 e. The normalized spacial score (nSPS) is 35.4. The molecule has 1 fully saturated rings. The molecule has 0 aromatic rings. The summed E-state index contributed by atoms with van der Waals surface area (Å²) in [7, 11) is 0. The van der Waals surface area contributed by atoms with Crippen molar-refractivity contribution >= 4 is 49.7 Å². The van der Waals surface area contributed by atoms with Crippen LogP contribution in [0.5, 0.6) is 0 Å². The molecule has 0 radical (unpaired) electrons. The van der Waals surface area contributed by atoms with E-state index in [1.54, 1.807) is 0 Å². The van der Waals surface area contributed by atoms with Gasteiger partial charge in [0.15, 0.2) is 0 Å². The van der Waals surface area contributed by atoms with E-state index in [2.05, 4.69) is 32.1 Å². The number of aliphatic hydroxyl groups excluding tert-OH is 1. The molecule has 0 spiro atoms. The van der Waals surface area contributed by atoms with E-state index < -0.39 is 11.5 Å². The van der Waals surface area contributed by atoms with Gasteiger partial charge in [-0.3, -0.25) is 9.59 Å². The van der Waals surface area contributed by atoms with Gasteiger partial charge in [-0.2, -0.15) is 0 Å². The Balaban J connectivity index is 0.00000341. The zero-order chi connectivity index (χ0) is 22.1. The molecular weight excluding hydrogens is 420 g/mol. The zero-order valence-corrected chi connectivity index (χ0v) is 22.0. The predicted molar refractivity (Wildman–Crippen MR) is 123 cm³/mol. The molecule has 0 aromatic heterocycles. The van der Waals surface area contributed by atoms with E-state index in [4.69, 9.17) is 9.47 Å². The summed E-state index contributed by atoms with van der Waals surface area (Å²) in [6.07, 6.45) is 9.61. The number of allylic oxidation sites excluding steroid dienone is 3. The maximum atomic E-state index is 12.9. The van der Waals surface area contributed by atoms with Crippen LogP contribution in [-0.2, 0) is 19.1 Å². The largest absolute Gasteiger partial charge is 2.00 e. The summed E-state index contributed by atoms with van der Waals surface area (Å²) >= 11 is 0. The first kappa shape index (κ1) is 26.9. The molecule has 0 unspecified atom stereocenters. The third-order valence-corrected chi connectivity index (χ3v) is 7.35. The number of aliphatic hydroxyl groups is 1. The first-order valence-corrected chi connectivity index (χ1v) is 11.6. The van der Waals surface area contributed by atoms with Crippen molar-refractivity contribution < 1.29 is 27.0 Å². The van der Waals surface area contributed by atoms with Crippen molar-refractivity contribution in [2.75, 3.05) is 0 Å². The monoisotopic (exact) mass is 460 g/mol. The zero-order valence-electron chi connectivity index (χ0n) is 21.8. The topological polar surface area (TPSA) is 72.8 Å². The molecular formula is C25H40CaO5. The number of rotatable bonds is 6. The van der Waals surface area contributed by atoms with Gasteiger partial charge in [-0.1, -0.05) is 39.0 Å². The summed E-state index contributed by atoms with van der Waals surface area (Å²) in [4.78, 5) is 24.6. The Morgan fingerprint density at radius 2 is 2.00 bits per heavy atom. The molecule has 1 N–H and O–H groups in total. The third-order valence-electron chi connectivity index (χ3n) is 7.35. The average Bonchev–Trinajstić information content (AvgIpc) is 2.66. The molecule has 1 saturated heterocycles. The molecule has 31 heavy (non-hydrogen) atoms. The van der Waals surface area contributed by atoms with Gasteiger partial charge in [0.2, 0.25) is 0 Å². The van der Waals surface area contributed by atoms with Gasteiger partial charge in [-0.15, -0.1) is 0 Å². The molecule has 7 atom stereocenters. The van der Waals surface area contributed by atoms with Crippen LogP contribution in [0.2, 0.25) is 0 Å². The molecule has 2 aliphatic carbocycles. The van der Waals surface area contributed by atoms with E-state index in [9.17, 15) is 14.7 Å². The minimum atomic E-state index is -0.601. The second-order valence-electron chi connectivity index (χ2n) is 10.3. The second kappa shape index (κ2) is 11.2. The van der Waals surface area contributed by atoms with Crippen LogP contribution < -0.4 is 0 Å². The van der Waals surface area contributed by atoms with Gasteiger partial charge in [0.25, 0.3) is 0 Å². The van der Waals surface area contributed by atoms with E-state index in [0.29, 0.717) is 24.2 Å². The van der Waals surface area contributed by atoms with Crippen LogP contribution in [0.3, 0.4) is 0 Å². The summed E-state index contributed by atoms with van der Waals surface area (Å²) in [6.45, 7) is 10.3. The van der Waals surface area contributed by atoms with Crippen LogP contribution in [0.1, 0.15) is 76.0 Å². The first-order valence-electron chi connectivity index (χ1n) is 11.6. The number of hydrogen-bond donors (Lipinski definition) is 1. The molecule has 6 heteroatoms. The number of ether oxygens (including phenoxy) is 2. The van der Waals surface area contributed by atoms with Gasteiger partial charge in [-0.05, 0) is 62.9 Å². The van der Waals surface area contributed by atoms with Gasteiger partial charge in [-0.25, -0.2) is 0 Å². The molecule has 1 heterocycles. The first-order chi connectivity index (χ1) is 14.1. The van der Waals surface area contributed by atoms with Gasteiger partial charge in [0.1, 0.15) is 12.2 Å². The molecule has 3 rings (SSSR count). The fraction of sp³-hybridized carbons (Fsp3) is 0.760. The number of esters is 2. The van der Waals surface area contributed by atoms with Crippen LogP contribution in [0.15, 0.2) is 23.8 Å². The van der Waals surface area contributed by atoms with Crippen molar-refractivity contribution in [1.29, 1.82) is 0 Å². The van der Waals surface area contributed by atoms with Gasteiger partial charge >= 0.3 is 49.7 Å². The quantitative estimate of drug-likeness (QED) is 0.469. The van der Waals surface area contributed by atoms with Crippen molar-refractivity contribution in [1.82, 2.24) is 0 Å². The molecule has 3 aliphatic rings. The smallest absolute Gasteiger partial charge is 1.00 e. The number of carbonyl (C=O) groups is 2. The van der Waals surface area contributed by atoms with Crippen molar-refractivity contribution in [2.24, 2.45) is 29.1 Å². The summed E-state index contributed by atoms with van der Waals surface area (Å²) in [5.41, 5.74) is 0.785. The van der Waals surface area contributed by atoms with Crippen LogP contribution >= 0.6 is 0 Å². The Morgan fingerprint density at radius 3 is 2.65 bits per heavy atom. The molecule has 0 bridgehead atoms. The summed E-state index contributed by atoms with van der Waals surface area (Å²) in [6, 6.07) is 0. The number of hydrogen-bond acceptors (Lipinski definition) is 5. The van der Waals surface area contributed by atoms with E-state index in [-0.39, 0.29) is 77.1 Å².